The molecule has 21 heavy (non-hydrogen) atoms. The van der Waals surface area contributed by atoms with Gasteiger partial charge in [-0.25, -0.2) is 0 Å². The van der Waals surface area contributed by atoms with E-state index in [0.717, 1.165) is 11.3 Å². The molecule has 3 rings (SSSR count). The molecule has 0 bridgehead atoms. The van der Waals surface area contributed by atoms with Gasteiger partial charge in [-0.05, 0) is 38.5 Å². The summed E-state index contributed by atoms with van der Waals surface area (Å²) in [5, 5.41) is 0. The average Bonchev–Trinajstić information content (AvgIpc) is 2.94. The van der Waals surface area contributed by atoms with Crippen LogP contribution < -0.4 is 0 Å². The second-order valence-electron chi connectivity index (χ2n) is 5.68. The Morgan fingerprint density at radius 3 is 2.10 bits per heavy atom. The summed E-state index contributed by atoms with van der Waals surface area (Å²) in [6, 6.07) is 9.33. The van der Waals surface area contributed by atoms with E-state index in [2.05, 4.69) is 18.4 Å². The predicted octanol–water partition coefficient (Wildman–Crippen LogP) is 3.84. The van der Waals surface area contributed by atoms with Crippen LogP contribution in [-0.2, 0) is 0 Å². The molecule has 1 aromatic carbocycles. The molecule has 3 heteroatoms. The zero-order valence-corrected chi connectivity index (χ0v) is 12.4. The van der Waals surface area contributed by atoms with E-state index in [-0.39, 0.29) is 17.1 Å². The van der Waals surface area contributed by atoms with E-state index < -0.39 is 0 Å². The van der Waals surface area contributed by atoms with Crippen LogP contribution in [0.1, 0.15) is 51.9 Å². The Morgan fingerprint density at radius 1 is 1.05 bits per heavy atom. The number of aryl methyl sites for hydroxylation is 1. The average molecular weight is 279 g/mol. The standard InChI is InChI=1S/C18H17NO2/c1-11(2)19-10-13(8-12(19)3)9-16-17(20)14-6-4-5-7-15(14)18(16)21/h4-11H,1-3H3. The molecule has 1 aromatic heterocycles. The van der Waals surface area contributed by atoms with Gasteiger partial charge in [0.1, 0.15) is 0 Å². The Morgan fingerprint density at radius 2 is 1.62 bits per heavy atom. The van der Waals surface area contributed by atoms with Crippen LogP contribution in [0.3, 0.4) is 0 Å². The van der Waals surface area contributed by atoms with Crippen LogP contribution in [0.25, 0.3) is 6.08 Å². The van der Waals surface area contributed by atoms with E-state index in [4.69, 9.17) is 0 Å². The Hall–Kier alpha value is -2.42. The van der Waals surface area contributed by atoms with Crippen molar-refractivity contribution in [2.24, 2.45) is 0 Å². The number of hydrogen-bond acceptors (Lipinski definition) is 2. The number of carbonyl (C=O) groups is 2. The Balaban J connectivity index is 2.04. The maximum Gasteiger partial charge on any atom is 0.197 e. The van der Waals surface area contributed by atoms with Gasteiger partial charge in [-0.1, -0.05) is 24.3 Å². The van der Waals surface area contributed by atoms with Gasteiger partial charge in [-0.3, -0.25) is 9.59 Å². The maximum absolute atomic E-state index is 12.3. The quantitative estimate of drug-likeness (QED) is 0.619. The highest BCUT2D eigenvalue weighted by Gasteiger charge is 2.32. The van der Waals surface area contributed by atoms with Crippen molar-refractivity contribution >= 4 is 17.6 Å². The number of Topliss-reactive ketones (excluding diaryl/α,β-unsaturated/α-hetero) is 2. The first-order chi connectivity index (χ1) is 9.99. The van der Waals surface area contributed by atoms with Crippen LogP contribution >= 0.6 is 0 Å². The highest BCUT2D eigenvalue weighted by Crippen LogP contribution is 2.28. The molecule has 0 saturated carbocycles. The van der Waals surface area contributed by atoms with Crippen molar-refractivity contribution in [1.29, 1.82) is 0 Å². The van der Waals surface area contributed by atoms with Crippen molar-refractivity contribution in [3.63, 3.8) is 0 Å². The van der Waals surface area contributed by atoms with E-state index in [9.17, 15) is 9.59 Å². The number of hydrogen-bond donors (Lipinski definition) is 0. The van der Waals surface area contributed by atoms with Gasteiger partial charge >= 0.3 is 0 Å². The minimum Gasteiger partial charge on any atom is -0.349 e. The second kappa shape index (κ2) is 4.85. The van der Waals surface area contributed by atoms with E-state index in [1.807, 2.05) is 19.2 Å². The monoisotopic (exact) mass is 279 g/mol. The molecule has 3 nitrogen and oxygen atoms in total. The van der Waals surface area contributed by atoms with Crippen molar-refractivity contribution in [2.75, 3.05) is 0 Å². The van der Waals surface area contributed by atoms with Crippen LogP contribution in [-0.4, -0.2) is 16.1 Å². The van der Waals surface area contributed by atoms with Crippen LogP contribution in [0.4, 0.5) is 0 Å². The van der Waals surface area contributed by atoms with Gasteiger partial charge in [0.25, 0.3) is 0 Å². The minimum atomic E-state index is -0.175. The van der Waals surface area contributed by atoms with Crippen molar-refractivity contribution in [3.8, 4) is 0 Å². The Labute approximate surface area is 123 Å². The molecule has 1 heterocycles. The van der Waals surface area contributed by atoms with Gasteiger partial charge in [0, 0.05) is 29.1 Å². The summed E-state index contributed by atoms with van der Waals surface area (Å²) < 4.78 is 2.13. The zero-order chi connectivity index (χ0) is 15.1. The van der Waals surface area contributed by atoms with Crippen molar-refractivity contribution in [3.05, 3.63) is 64.5 Å². The largest absolute Gasteiger partial charge is 0.349 e. The molecule has 0 amide bonds. The van der Waals surface area contributed by atoms with E-state index >= 15 is 0 Å². The van der Waals surface area contributed by atoms with Gasteiger partial charge in [0.15, 0.2) is 11.6 Å². The van der Waals surface area contributed by atoms with Crippen LogP contribution in [0, 0.1) is 6.92 Å². The molecule has 1 aliphatic carbocycles. The van der Waals surface area contributed by atoms with Crippen molar-refractivity contribution in [1.82, 2.24) is 4.57 Å². The molecule has 106 valence electrons. The fraction of sp³-hybridized carbons (Fsp3) is 0.222. The smallest absolute Gasteiger partial charge is 0.197 e. The first-order valence-electron chi connectivity index (χ1n) is 7.07. The number of ketones is 2. The number of benzene rings is 1. The molecule has 0 spiro atoms. The summed E-state index contributed by atoms with van der Waals surface area (Å²) in [5.41, 5.74) is 3.29. The molecule has 2 aromatic rings. The van der Waals surface area contributed by atoms with Gasteiger partial charge in [-0.15, -0.1) is 0 Å². The van der Waals surface area contributed by atoms with E-state index in [1.54, 1.807) is 30.3 Å². The summed E-state index contributed by atoms with van der Waals surface area (Å²) in [5.74, 6) is -0.351. The molecule has 0 N–H and O–H groups in total. The highest BCUT2D eigenvalue weighted by molar-refractivity contribution is 6.41. The van der Waals surface area contributed by atoms with Gasteiger partial charge < -0.3 is 4.57 Å². The van der Waals surface area contributed by atoms with Gasteiger partial charge in [0.2, 0.25) is 0 Å². The number of fused-ring (bicyclic) bond motifs is 1. The Bertz CT molecular complexity index is 741. The summed E-state index contributed by atoms with van der Waals surface area (Å²) in [7, 11) is 0. The molecule has 0 unspecified atom stereocenters. The van der Waals surface area contributed by atoms with Crippen LogP contribution in [0.15, 0.2) is 42.1 Å². The fourth-order valence-electron chi connectivity index (χ4n) is 2.82. The Kier molecular flexibility index (Phi) is 3.13. The third-order valence-electron chi connectivity index (χ3n) is 3.84. The maximum atomic E-state index is 12.3. The molecule has 0 saturated heterocycles. The number of allylic oxidation sites excluding steroid dienone is 1. The van der Waals surface area contributed by atoms with Crippen LogP contribution in [0.2, 0.25) is 0 Å². The number of carbonyl (C=O) groups excluding carboxylic acids is 2. The second-order valence-corrected chi connectivity index (χ2v) is 5.68. The highest BCUT2D eigenvalue weighted by atomic mass is 16.2. The van der Waals surface area contributed by atoms with Crippen molar-refractivity contribution < 1.29 is 9.59 Å². The lowest BCUT2D eigenvalue weighted by Gasteiger charge is -2.08. The molecule has 0 aliphatic heterocycles. The molecule has 0 radical (unpaired) electrons. The minimum absolute atomic E-state index is 0.175. The summed E-state index contributed by atoms with van der Waals surface area (Å²) in [6.45, 7) is 6.23. The van der Waals surface area contributed by atoms with Crippen molar-refractivity contribution in [2.45, 2.75) is 26.8 Å². The molecule has 1 aliphatic rings. The van der Waals surface area contributed by atoms with Gasteiger partial charge in [-0.2, -0.15) is 0 Å². The number of nitrogens with zero attached hydrogens (tertiary/aromatic N) is 1. The lowest BCUT2D eigenvalue weighted by Crippen LogP contribution is -2.01. The van der Waals surface area contributed by atoms with E-state index in [0.29, 0.717) is 17.2 Å². The zero-order valence-electron chi connectivity index (χ0n) is 12.4. The third-order valence-corrected chi connectivity index (χ3v) is 3.84. The lowest BCUT2D eigenvalue weighted by molar-refractivity contribution is 0.0990. The SMILES string of the molecule is Cc1cc(C=C2C(=O)c3ccccc3C2=O)cn1C(C)C. The topological polar surface area (TPSA) is 39.1 Å². The lowest BCUT2D eigenvalue weighted by atomic mass is 10.1. The molecular weight excluding hydrogens is 262 g/mol. The molecule has 0 fully saturated rings. The predicted molar refractivity (Wildman–Crippen MR) is 82.6 cm³/mol. The number of aromatic nitrogens is 1. The third kappa shape index (κ3) is 2.15. The van der Waals surface area contributed by atoms with Gasteiger partial charge in [0.05, 0.1) is 5.57 Å². The molecular formula is C18H17NO2. The summed E-state index contributed by atoms with van der Waals surface area (Å²) in [6.07, 6.45) is 3.69. The first kappa shape index (κ1) is 13.6. The summed E-state index contributed by atoms with van der Waals surface area (Å²) >= 11 is 0. The first-order valence-corrected chi connectivity index (χ1v) is 7.07. The summed E-state index contributed by atoms with van der Waals surface area (Å²) in [4.78, 5) is 24.7. The normalized spacial score (nSPS) is 14.0. The number of rotatable bonds is 2. The van der Waals surface area contributed by atoms with E-state index in [1.165, 1.54) is 0 Å². The fourth-order valence-corrected chi connectivity index (χ4v) is 2.82. The molecule has 0 atom stereocenters. The van der Waals surface area contributed by atoms with Crippen LogP contribution in [0.5, 0.6) is 0 Å².